The fourth-order valence-electron chi connectivity index (χ4n) is 2.66. The molecule has 100 valence electrons. The molecule has 0 radical (unpaired) electrons. The van der Waals surface area contributed by atoms with Crippen molar-refractivity contribution in [3.05, 3.63) is 35.9 Å². The van der Waals surface area contributed by atoms with Crippen molar-refractivity contribution >= 4 is 0 Å². The van der Waals surface area contributed by atoms with Crippen LogP contribution in [0.4, 0.5) is 0 Å². The van der Waals surface area contributed by atoms with E-state index in [1.165, 1.54) is 6.42 Å². The highest BCUT2D eigenvalue weighted by molar-refractivity contribution is 5.17. The van der Waals surface area contributed by atoms with E-state index in [1.54, 1.807) is 0 Å². The Morgan fingerprint density at radius 3 is 2.78 bits per heavy atom. The molecule has 0 aromatic heterocycles. The lowest BCUT2D eigenvalue weighted by atomic mass is 10.1. The Morgan fingerprint density at radius 2 is 2.17 bits per heavy atom. The fourth-order valence-corrected chi connectivity index (χ4v) is 2.66. The normalized spacial score (nSPS) is 21.4. The first-order valence-corrected chi connectivity index (χ1v) is 6.99. The van der Waals surface area contributed by atoms with Crippen molar-refractivity contribution in [3.8, 4) is 0 Å². The monoisotopic (exact) mass is 248 g/mol. The molecule has 1 aromatic rings. The quantitative estimate of drug-likeness (QED) is 0.806. The van der Waals surface area contributed by atoms with E-state index in [1.807, 2.05) is 30.3 Å². The lowest BCUT2D eigenvalue weighted by Crippen LogP contribution is -2.40. The summed E-state index contributed by atoms with van der Waals surface area (Å²) in [6.45, 7) is 6.17. The van der Waals surface area contributed by atoms with Crippen molar-refractivity contribution in [2.45, 2.75) is 31.9 Å². The fraction of sp³-hybridized carbons (Fsp3) is 0.600. The Morgan fingerprint density at radius 1 is 1.39 bits per heavy atom. The van der Waals surface area contributed by atoms with Crippen molar-refractivity contribution in [2.24, 2.45) is 0 Å². The minimum Gasteiger partial charge on any atom is -0.387 e. The number of nitrogens with one attached hydrogen (secondary N) is 1. The minimum absolute atomic E-state index is 0.377. The molecule has 2 atom stereocenters. The molecule has 2 N–H and O–H groups in total. The average Bonchev–Trinajstić information content (AvgIpc) is 2.93. The van der Waals surface area contributed by atoms with Crippen molar-refractivity contribution < 1.29 is 5.11 Å². The topological polar surface area (TPSA) is 35.5 Å². The highest BCUT2D eigenvalue weighted by Crippen LogP contribution is 2.17. The average molecular weight is 248 g/mol. The first-order valence-electron chi connectivity index (χ1n) is 6.99. The lowest BCUT2D eigenvalue weighted by Gasteiger charge is -2.30. The molecule has 0 spiro atoms. The molecule has 3 nitrogen and oxygen atoms in total. The van der Waals surface area contributed by atoms with Crippen LogP contribution in [0.5, 0.6) is 0 Å². The molecule has 1 heterocycles. The van der Waals surface area contributed by atoms with Gasteiger partial charge >= 0.3 is 0 Å². The van der Waals surface area contributed by atoms with Gasteiger partial charge < -0.3 is 10.4 Å². The zero-order valence-corrected chi connectivity index (χ0v) is 11.2. The van der Waals surface area contributed by atoms with E-state index < -0.39 is 0 Å². The summed E-state index contributed by atoms with van der Waals surface area (Å²) in [5.74, 6) is 0. The molecule has 3 heteroatoms. The SMILES string of the molecule is CCCN(CC(O)c1ccccc1)C1CCNC1. The van der Waals surface area contributed by atoms with E-state index in [4.69, 9.17) is 0 Å². The van der Waals surface area contributed by atoms with Gasteiger partial charge in [-0.05, 0) is 31.5 Å². The summed E-state index contributed by atoms with van der Waals surface area (Å²) in [7, 11) is 0. The number of benzene rings is 1. The molecule has 1 fully saturated rings. The van der Waals surface area contributed by atoms with Crippen LogP contribution < -0.4 is 5.32 Å². The second kappa shape index (κ2) is 6.88. The maximum atomic E-state index is 10.3. The molecule has 2 unspecified atom stereocenters. The summed E-state index contributed by atoms with van der Waals surface area (Å²) in [5.41, 5.74) is 1.02. The standard InChI is InChI=1S/C15H24N2O/c1-2-10-17(14-8-9-16-11-14)12-15(18)13-6-4-3-5-7-13/h3-7,14-16,18H,2,8-12H2,1H3. The van der Waals surface area contributed by atoms with Crippen LogP contribution in [0, 0.1) is 0 Å². The highest BCUT2D eigenvalue weighted by atomic mass is 16.3. The number of hydrogen-bond acceptors (Lipinski definition) is 3. The molecule has 1 aliphatic rings. The lowest BCUT2D eigenvalue weighted by molar-refractivity contribution is 0.0911. The van der Waals surface area contributed by atoms with Gasteiger partial charge in [-0.25, -0.2) is 0 Å². The van der Waals surface area contributed by atoms with Crippen LogP contribution in [0.3, 0.4) is 0 Å². The van der Waals surface area contributed by atoms with Crippen molar-refractivity contribution in [1.29, 1.82) is 0 Å². The first kappa shape index (κ1) is 13.5. The van der Waals surface area contributed by atoms with E-state index >= 15 is 0 Å². The van der Waals surface area contributed by atoms with Gasteiger partial charge in [0.2, 0.25) is 0 Å². The van der Waals surface area contributed by atoms with Crippen LogP contribution in [-0.4, -0.2) is 42.2 Å². The predicted octanol–water partition coefficient (Wildman–Crippen LogP) is 1.79. The Hall–Kier alpha value is -0.900. The molecule has 2 rings (SSSR count). The summed E-state index contributed by atoms with van der Waals surface area (Å²) in [6, 6.07) is 10.5. The van der Waals surface area contributed by atoms with E-state index in [-0.39, 0.29) is 6.10 Å². The summed E-state index contributed by atoms with van der Waals surface area (Å²) < 4.78 is 0. The van der Waals surface area contributed by atoms with Gasteiger partial charge in [-0.3, -0.25) is 4.90 Å². The number of rotatable bonds is 6. The second-order valence-electron chi connectivity index (χ2n) is 5.07. The van der Waals surface area contributed by atoms with Gasteiger partial charge in [-0.1, -0.05) is 37.3 Å². The zero-order chi connectivity index (χ0) is 12.8. The summed E-state index contributed by atoms with van der Waals surface area (Å²) >= 11 is 0. The number of hydrogen-bond donors (Lipinski definition) is 2. The van der Waals surface area contributed by atoms with Crippen LogP contribution >= 0.6 is 0 Å². The van der Waals surface area contributed by atoms with E-state index in [9.17, 15) is 5.11 Å². The molecular weight excluding hydrogens is 224 g/mol. The maximum absolute atomic E-state index is 10.3. The van der Waals surface area contributed by atoms with E-state index in [0.717, 1.165) is 38.2 Å². The largest absolute Gasteiger partial charge is 0.387 e. The van der Waals surface area contributed by atoms with Crippen molar-refractivity contribution in [2.75, 3.05) is 26.2 Å². The minimum atomic E-state index is -0.377. The molecule has 18 heavy (non-hydrogen) atoms. The Balaban J connectivity index is 1.95. The second-order valence-corrected chi connectivity index (χ2v) is 5.07. The molecular formula is C15H24N2O. The van der Waals surface area contributed by atoms with E-state index in [0.29, 0.717) is 6.04 Å². The van der Waals surface area contributed by atoms with Gasteiger partial charge in [-0.15, -0.1) is 0 Å². The van der Waals surface area contributed by atoms with Gasteiger partial charge in [0.1, 0.15) is 0 Å². The molecule has 0 amide bonds. The van der Waals surface area contributed by atoms with Gasteiger partial charge in [0, 0.05) is 19.1 Å². The Kier molecular flexibility index (Phi) is 5.17. The third-order valence-electron chi connectivity index (χ3n) is 3.65. The van der Waals surface area contributed by atoms with Gasteiger partial charge in [0.05, 0.1) is 6.10 Å². The van der Waals surface area contributed by atoms with Crippen molar-refractivity contribution in [3.63, 3.8) is 0 Å². The third-order valence-corrected chi connectivity index (χ3v) is 3.65. The van der Waals surface area contributed by atoms with Crippen LogP contribution in [0.15, 0.2) is 30.3 Å². The van der Waals surface area contributed by atoms with Crippen LogP contribution in [0.25, 0.3) is 0 Å². The predicted molar refractivity (Wildman–Crippen MR) is 74.5 cm³/mol. The Labute approximate surface area is 110 Å². The molecule has 1 aromatic carbocycles. The summed E-state index contributed by atoms with van der Waals surface area (Å²) in [5, 5.41) is 13.7. The first-order chi connectivity index (χ1) is 8.81. The number of nitrogens with zero attached hydrogens (tertiary/aromatic N) is 1. The molecule has 0 saturated carbocycles. The number of aliphatic hydroxyl groups is 1. The zero-order valence-electron chi connectivity index (χ0n) is 11.2. The maximum Gasteiger partial charge on any atom is 0.0917 e. The van der Waals surface area contributed by atoms with Crippen molar-refractivity contribution in [1.82, 2.24) is 10.2 Å². The van der Waals surface area contributed by atoms with Crippen LogP contribution in [-0.2, 0) is 0 Å². The molecule has 1 saturated heterocycles. The third kappa shape index (κ3) is 3.55. The summed E-state index contributed by atoms with van der Waals surface area (Å²) in [6.07, 6.45) is 1.96. The molecule has 0 aliphatic carbocycles. The molecule has 1 aliphatic heterocycles. The Bertz CT molecular complexity index is 336. The molecule has 0 bridgehead atoms. The van der Waals surface area contributed by atoms with Gasteiger partial charge in [0.15, 0.2) is 0 Å². The van der Waals surface area contributed by atoms with Crippen LogP contribution in [0.1, 0.15) is 31.4 Å². The number of aliphatic hydroxyl groups excluding tert-OH is 1. The summed E-state index contributed by atoms with van der Waals surface area (Å²) in [4.78, 5) is 2.43. The highest BCUT2D eigenvalue weighted by Gasteiger charge is 2.23. The van der Waals surface area contributed by atoms with Gasteiger partial charge in [0.25, 0.3) is 0 Å². The smallest absolute Gasteiger partial charge is 0.0917 e. The van der Waals surface area contributed by atoms with Gasteiger partial charge in [-0.2, -0.15) is 0 Å². The van der Waals surface area contributed by atoms with Crippen LogP contribution in [0.2, 0.25) is 0 Å². The van der Waals surface area contributed by atoms with E-state index in [2.05, 4.69) is 17.1 Å².